The largest absolute Gasteiger partial charge is 0.573 e. The van der Waals surface area contributed by atoms with Crippen molar-refractivity contribution in [1.82, 2.24) is 0 Å². The van der Waals surface area contributed by atoms with Crippen LogP contribution in [0.1, 0.15) is 29.8 Å². The van der Waals surface area contributed by atoms with Gasteiger partial charge in [-0.3, -0.25) is 4.79 Å². The predicted molar refractivity (Wildman–Crippen MR) is 83.6 cm³/mol. The Labute approximate surface area is 133 Å². The molecule has 0 aliphatic heterocycles. The van der Waals surface area contributed by atoms with Crippen LogP contribution in [0.5, 0.6) is 5.75 Å². The van der Waals surface area contributed by atoms with Crippen molar-refractivity contribution in [2.24, 2.45) is 0 Å². The van der Waals surface area contributed by atoms with Gasteiger partial charge < -0.3 is 10.1 Å². The van der Waals surface area contributed by atoms with Crippen LogP contribution in [0, 0.1) is 6.92 Å². The molecule has 0 saturated carbocycles. The third-order valence-electron chi connectivity index (χ3n) is 2.63. The summed E-state index contributed by atoms with van der Waals surface area (Å²) in [6, 6.07) is 11.9. The van der Waals surface area contributed by atoms with E-state index in [1.165, 1.54) is 12.1 Å². The van der Waals surface area contributed by atoms with Crippen LogP contribution in [0.15, 0.2) is 48.5 Å². The second kappa shape index (κ2) is 8.22. The standard InChI is InChI=1S/C15H12F3NO2.C2H6/c1-10-3-2-4-12(9-10)19-14(20)11-5-7-13(8-6-11)21-15(16,17)18;1-2/h2-9H,1H3,(H,19,20);1-2H3. The molecule has 1 N–H and O–H groups in total. The molecule has 0 bridgehead atoms. The number of hydrogen-bond acceptors (Lipinski definition) is 2. The van der Waals surface area contributed by atoms with Crippen molar-refractivity contribution in [1.29, 1.82) is 0 Å². The van der Waals surface area contributed by atoms with Gasteiger partial charge in [-0.2, -0.15) is 0 Å². The lowest BCUT2D eigenvalue weighted by atomic mass is 10.2. The van der Waals surface area contributed by atoms with Crippen LogP contribution >= 0.6 is 0 Å². The van der Waals surface area contributed by atoms with Crippen LogP contribution in [-0.2, 0) is 0 Å². The predicted octanol–water partition coefficient (Wildman–Crippen LogP) is 5.17. The zero-order chi connectivity index (χ0) is 17.5. The molecule has 0 aromatic heterocycles. The van der Waals surface area contributed by atoms with Crippen molar-refractivity contribution >= 4 is 11.6 Å². The maximum Gasteiger partial charge on any atom is 0.573 e. The summed E-state index contributed by atoms with van der Waals surface area (Å²) in [4.78, 5) is 11.9. The van der Waals surface area contributed by atoms with E-state index < -0.39 is 12.3 Å². The SMILES string of the molecule is CC.Cc1cccc(NC(=O)c2ccc(OC(F)(F)F)cc2)c1. The van der Waals surface area contributed by atoms with E-state index in [9.17, 15) is 18.0 Å². The van der Waals surface area contributed by atoms with Crippen molar-refractivity contribution in [2.75, 3.05) is 5.32 Å². The van der Waals surface area contributed by atoms with Crippen molar-refractivity contribution in [3.63, 3.8) is 0 Å². The number of anilines is 1. The number of benzene rings is 2. The lowest BCUT2D eigenvalue weighted by molar-refractivity contribution is -0.274. The molecule has 0 unspecified atom stereocenters. The lowest BCUT2D eigenvalue weighted by Crippen LogP contribution is -2.17. The van der Waals surface area contributed by atoms with Crippen LogP contribution in [0.4, 0.5) is 18.9 Å². The Morgan fingerprint density at radius 2 is 1.65 bits per heavy atom. The first kappa shape index (κ1) is 18.5. The molecule has 1 amide bonds. The number of carbonyl (C=O) groups is 1. The first-order chi connectivity index (χ1) is 10.8. The van der Waals surface area contributed by atoms with Gasteiger partial charge in [-0.05, 0) is 48.9 Å². The van der Waals surface area contributed by atoms with Gasteiger partial charge in [0.05, 0.1) is 0 Å². The molecule has 23 heavy (non-hydrogen) atoms. The van der Waals surface area contributed by atoms with Gasteiger partial charge in [0.15, 0.2) is 0 Å². The van der Waals surface area contributed by atoms with E-state index in [4.69, 9.17) is 0 Å². The van der Waals surface area contributed by atoms with Gasteiger partial charge in [-0.1, -0.05) is 26.0 Å². The van der Waals surface area contributed by atoms with Gasteiger partial charge in [-0.25, -0.2) is 0 Å². The van der Waals surface area contributed by atoms with E-state index in [1.54, 1.807) is 18.2 Å². The second-order valence-corrected chi connectivity index (χ2v) is 4.40. The summed E-state index contributed by atoms with van der Waals surface area (Å²) in [5.41, 5.74) is 1.85. The Morgan fingerprint density at radius 1 is 1.04 bits per heavy atom. The molecule has 0 aliphatic rings. The fraction of sp³-hybridized carbons (Fsp3) is 0.235. The molecule has 0 atom stereocenters. The van der Waals surface area contributed by atoms with E-state index in [1.807, 2.05) is 26.8 Å². The van der Waals surface area contributed by atoms with E-state index in [0.29, 0.717) is 5.69 Å². The minimum absolute atomic E-state index is 0.242. The first-order valence-corrected chi connectivity index (χ1v) is 7.07. The Kier molecular flexibility index (Phi) is 6.63. The van der Waals surface area contributed by atoms with Crippen LogP contribution in [0.25, 0.3) is 0 Å². The molecule has 3 nitrogen and oxygen atoms in total. The third-order valence-corrected chi connectivity index (χ3v) is 2.63. The molecule has 124 valence electrons. The highest BCUT2D eigenvalue weighted by Gasteiger charge is 2.31. The maximum absolute atomic E-state index is 12.0. The van der Waals surface area contributed by atoms with E-state index in [0.717, 1.165) is 17.7 Å². The van der Waals surface area contributed by atoms with Gasteiger partial charge in [0.2, 0.25) is 0 Å². The van der Waals surface area contributed by atoms with Crippen LogP contribution in [-0.4, -0.2) is 12.3 Å². The second-order valence-electron chi connectivity index (χ2n) is 4.40. The molecule has 0 saturated heterocycles. The van der Waals surface area contributed by atoms with E-state index in [2.05, 4.69) is 10.1 Å². The number of aryl methyl sites for hydroxylation is 1. The van der Waals surface area contributed by atoms with Gasteiger partial charge >= 0.3 is 6.36 Å². The number of hydrogen-bond donors (Lipinski definition) is 1. The highest BCUT2D eigenvalue weighted by atomic mass is 19.4. The van der Waals surface area contributed by atoms with Gasteiger partial charge in [0.1, 0.15) is 5.75 Å². The fourth-order valence-electron chi connectivity index (χ4n) is 1.73. The van der Waals surface area contributed by atoms with Crippen LogP contribution in [0.2, 0.25) is 0 Å². The Balaban J connectivity index is 0.00000127. The zero-order valence-electron chi connectivity index (χ0n) is 13.1. The highest BCUT2D eigenvalue weighted by molar-refractivity contribution is 6.04. The summed E-state index contributed by atoms with van der Waals surface area (Å²) in [5.74, 6) is -0.770. The number of ether oxygens (including phenoxy) is 1. The lowest BCUT2D eigenvalue weighted by Gasteiger charge is -2.09. The molecule has 0 fully saturated rings. The smallest absolute Gasteiger partial charge is 0.406 e. The normalized spacial score (nSPS) is 10.3. The summed E-state index contributed by atoms with van der Waals surface area (Å²) in [7, 11) is 0. The minimum atomic E-state index is -4.74. The summed E-state index contributed by atoms with van der Waals surface area (Å²) in [6.07, 6.45) is -4.74. The van der Waals surface area contributed by atoms with Crippen LogP contribution in [0.3, 0.4) is 0 Å². The minimum Gasteiger partial charge on any atom is -0.406 e. The van der Waals surface area contributed by atoms with Crippen molar-refractivity contribution in [3.05, 3.63) is 59.7 Å². The Bertz CT molecular complexity index is 637. The summed E-state index contributed by atoms with van der Waals surface area (Å²) >= 11 is 0. The highest BCUT2D eigenvalue weighted by Crippen LogP contribution is 2.23. The summed E-state index contributed by atoms with van der Waals surface area (Å²) in [5, 5.41) is 2.66. The topological polar surface area (TPSA) is 38.3 Å². The fourth-order valence-corrected chi connectivity index (χ4v) is 1.73. The number of amides is 1. The number of halogens is 3. The molecule has 0 radical (unpaired) electrons. The van der Waals surface area contributed by atoms with Gasteiger partial charge in [0.25, 0.3) is 5.91 Å². The monoisotopic (exact) mass is 325 g/mol. The number of rotatable bonds is 3. The van der Waals surface area contributed by atoms with Gasteiger partial charge in [0, 0.05) is 11.3 Å². The molecule has 0 aliphatic carbocycles. The molecular formula is C17H18F3NO2. The molecule has 0 spiro atoms. The Hall–Kier alpha value is -2.50. The van der Waals surface area contributed by atoms with Crippen molar-refractivity contribution in [2.45, 2.75) is 27.1 Å². The molecule has 2 aromatic carbocycles. The van der Waals surface area contributed by atoms with E-state index in [-0.39, 0.29) is 11.3 Å². The number of alkyl halides is 3. The van der Waals surface area contributed by atoms with Crippen molar-refractivity contribution < 1.29 is 22.7 Å². The quantitative estimate of drug-likeness (QED) is 0.845. The zero-order valence-corrected chi connectivity index (χ0v) is 13.1. The first-order valence-electron chi connectivity index (χ1n) is 7.07. The third kappa shape index (κ3) is 6.42. The average molecular weight is 325 g/mol. The maximum atomic E-state index is 12.0. The number of carbonyl (C=O) groups excluding carboxylic acids is 1. The molecule has 2 aromatic rings. The van der Waals surface area contributed by atoms with E-state index >= 15 is 0 Å². The Morgan fingerprint density at radius 3 is 2.17 bits per heavy atom. The molecule has 0 heterocycles. The molecular weight excluding hydrogens is 307 g/mol. The average Bonchev–Trinajstić information content (AvgIpc) is 2.48. The summed E-state index contributed by atoms with van der Waals surface area (Å²) in [6.45, 7) is 5.89. The molecule has 6 heteroatoms. The summed E-state index contributed by atoms with van der Waals surface area (Å²) < 4.78 is 39.8. The van der Waals surface area contributed by atoms with Gasteiger partial charge in [-0.15, -0.1) is 13.2 Å². The van der Waals surface area contributed by atoms with Crippen LogP contribution < -0.4 is 10.1 Å². The van der Waals surface area contributed by atoms with Crippen molar-refractivity contribution in [3.8, 4) is 5.75 Å². The number of nitrogens with one attached hydrogen (secondary N) is 1. The molecule has 2 rings (SSSR count).